The van der Waals surface area contributed by atoms with Crippen LogP contribution in [0.5, 0.6) is 11.5 Å². The summed E-state index contributed by atoms with van der Waals surface area (Å²) in [6.07, 6.45) is 3.99. The minimum Gasteiger partial charge on any atom is -0.497 e. The molecule has 0 bridgehead atoms. The molecule has 0 radical (unpaired) electrons. The second kappa shape index (κ2) is 6.95. The van der Waals surface area contributed by atoms with E-state index in [1.165, 1.54) is 0 Å². The van der Waals surface area contributed by atoms with Crippen molar-refractivity contribution in [3.8, 4) is 17.6 Å². The predicted octanol–water partition coefficient (Wildman–Crippen LogP) is 4.38. The molecule has 0 amide bonds. The summed E-state index contributed by atoms with van der Waals surface area (Å²) in [6.45, 7) is 0.0599. The van der Waals surface area contributed by atoms with E-state index in [-0.39, 0.29) is 6.61 Å². The third kappa shape index (κ3) is 3.68. The number of ether oxygens (including phenoxy) is 2. The van der Waals surface area contributed by atoms with Crippen LogP contribution >= 0.6 is 11.3 Å². The molecule has 0 aliphatic heterocycles. The summed E-state index contributed by atoms with van der Waals surface area (Å²) < 4.78 is 11.6. The lowest BCUT2D eigenvalue weighted by atomic mass is 10.2. The van der Waals surface area contributed by atoms with Crippen molar-refractivity contribution in [3.05, 3.63) is 53.0 Å². The molecule has 0 unspecified atom stereocenters. The third-order valence-corrected chi connectivity index (χ3v) is 4.20. The molecule has 0 fully saturated rings. The van der Waals surface area contributed by atoms with Crippen LogP contribution in [0, 0.1) is 11.3 Å². The lowest BCUT2D eigenvalue weighted by molar-refractivity contribution is 0.368. The maximum atomic E-state index is 8.49. The van der Waals surface area contributed by atoms with Crippen LogP contribution in [0.3, 0.4) is 0 Å². The van der Waals surface area contributed by atoms with Gasteiger partial charge in [0.05, 0.1) is 17.3 Å². The molecule has 23 heavy (non-hydrogen) atoms. The molecule has 0 saturated heterocycles. The second-order valence-electron chi connectivity index (χ2n) is 4.73. The number of fused-ring (bicyclic) bond motifs is 1. The standard InChI is InChI=1S/C18H14N2O2S/c1-21-15-7-8-16-17(12-15)23-18(20-16)9-4-13-2-5-14(6-3-13)22-11-10-19/h2-9,12H,11H2,1H3/b9-4+. The van der Waals surface area contributed by atoms with E-state index in [1.807, 2.05) is 60.7 Å². The van der Waals surface area contributed by atoms with E-state index in [2.05, 4.69) is 4.98 Å². The first-order valence-electron chi connectivity index (χ1n) is 7.01. The van der Waals surface area contributed by atoms with Crippen molar-refractivity contribution in [3.63, 3.8) is 0 Å². The van der Waals surface area contributed by atoms with Gasteiger partial charge in [-0.15, -0.1) is 11.3 Å². The first kappa shape index (κ1) is 15.1. The summed E-state index contributed by atoms with van der Waals surface area (Å²) in [7, 11) is 1.66. The molecule has 5 heteroatoms. The third-order valence-electron chi connectivity index (χ3n) is 3.21. The van der Waals surface area contributed by atoms with Gasteiger partial charge in [-0.05, 0) is 42.0 Å². The maximum absolute atomic E-state index is 8.49. The van der Waals surface area contributed by atoms with E-state index in [1.54, 1.807) is 18.4 Å². The quantitative estimate of drug-likeness (QED) is 0.699. The topological polar surface area (TPSA) is 55.1 Å². The highest BCUT2D eigenvalue weighted by molar-refractivity contribution is 7.19. The number of methoxy groups -OCH3 is 1. The molecule has 0 aliphatic carbocycles. The number of nitrogens with zero attached hydrogens (tertiary/aromatic N) is 2. The summed E-state index contributed by atoms with van der Waals surface area (Å²) in [5.41, 5.74) is 2.02. The van der Waals surface area contributed by atoms with Gasteiger partial charge in [0, 0.05) is 0 Å². The van der Waals surface area contributed by atoms with Crippen molar-refractivity contribution >= 4 is 33.7 Å². The molecule has 0 atom stereocenters. The fourth-order valence-electron chi connectivity index (χ4n) is 2.08. The summed E-state index contributed by atoms with van der Waals surface area (Å²) >= 11 is 1.62. The molecular weight excluding hydrogens is 308 g/mol. The van der Waals surface area contributed by atoms with Gasteiger partial charge < -0.3 is 9.47 Å². The molecule has 0 N–H and O–H groups in total. The Morgan fingerprint density at radius 2 is 1.91 bits per heavy atom. The first-order chi connectivity index (χ1) is 11.3. The minimum atomic E-state index is 0.0599. The Hall–Kier alpha value is -2.84. The number of hydrogen-bond acceptors (Lipinski definition) is 5. The van der Waals surface area contributed by atoms with Crippen LogP contribution in [0.25, 0.3) is 22.4 Å². The van der Waals surface area contributed by atoms with Crippen molar-refractivity contribution in [2.75, 3.05) is 13.7 Å². The molecule has 3 aromatic rings. The summed E-state index contributed by atoms with van der Waals surface area (Å²) in [5, 5.41) is 9.43. The van der Waals surface area contributed by atoms with Crippen molar-refractivity contribution < 1.29 is 9.47 Å². The molecule has 3 rings (SSSR count). The Bertz CT molecular complexity index is 876. The zero-order valence-electron chi connectivity index (χ0n) is 12.5. The van der Waals surface area contributed by atoms with Gasteiger partial charge in [-0.3, -0.25) is 0 Å². The number of nitriles is 1. The molecule has 114 valence electrons. The largest absolute Gasteiger partial charge is 0.497 e. The number of hydrogen-bond donors (Lipinski definition) is 0. The lowest BCUT2D eigenvalue weighted by Gasteiger charge is -2.00. The summed E-state index contributed by atoms with van der Waals surface area (Å²) in [6, 6.07) is 15.4. The highest BCUT2D eigenvalue weighted by atomic mass is 32.1. The number of aromatic nitrogens is 1. The molecule has 1 heterocycles. The average molecular weight is 322 g/mol. The van der Waals surface area contributed by atoms with Gasteiger partial charge in [0.1, 0.15) is 22.6 Å². The second-order valence-corrected chi connectivity index (χ2v) is 5.80. The van der Waals surface area contributed by atoms with Crippen LogP contribution in [0.2, 0.25) is 0 Å². The number of thiazole rings is 1. The highest BCUT2D eigenvalue weighted by Crippen LogP contribution is 2.27. The average Bonchev–Trinajstić information content (AvgIpc) is 3.01. The smallest absolute Gasteiger partial charge is 0.174 e. The monoisotopic (exact) mass is 322 g/mol. The van der Waals surface area contributed by atoms with Crippen LogP contribution < -0.4 is 9.47 Å². The van der Waals surface area contributed by atoms with E-state index < -0.39 is 0 Å². The summed E-state index contributed by atoms with van der Waals surface area (Å²) in [4.78, 5) is 4.58. The minimum absolute atomic E-state index is 0.0599. The lowest BCUT2D eigenvalue weighted by Crippen LogP contribution is -1.92. The molecule has 1 aromatic heterocycles. The maximum Gasteiger partial charge on any atom is 0.174 e. The van der Waals surface area contributed by atoms with E-state index >= 15 is 0 Å². The fourth-order valence-corrected chi connectivity index (χ4v) is 2.98. The predicted molar refractivity (Wildman–Crippen MR) is 92.7 cm³/mol. The zero-order valence-corrected chi connectivity index (χ0v) is 13.3. The Morgan fingerprint density at radius 3 is 2.65 bits per heavy atom. The summed E-state index contributed by atoms with van der Waals surface area (Å²) in [5.74, 6) is 1.53. The van der Waals surface area contributed by atoms with Crippen molar-refractivity contribution in [1.29, 1.82) is 5.26 Å². The first-order valence-corrected chi connectivity index (χ1v) is 7.82. The molecule has 0 aliphatic rings. The molecule has 2 aromatic carbocycles. The molecular formula is C18H14N2O2S. The van der Waals surface area contributed by atoms with E-state index in [0.29, 0.717) is 5.75 Å². The Kier molecular flexibility index (Phi) is 4.55. The van der Waals surface area contributed by atoms with Gasteiger partial charge in [-0.25, -0.2) is 4.98 Å². The van der Waals surface area contributed by atoms with Crippen LogP contribution in [0.1, 0.15) is 10.6 Å². The van der Waals surface area contributed by atoms with Gasteiger partial charge in [0.15, 0.2) is 6.61 Å². The van der Waals surface area contributed by atoms with Gasteiger partial charge in [-0.1, -0.05) is 18.2 Å². The fraction of sp³-hybridized carbons (Fsp3) is 0.111. The molecule has 0 saturated carbocycles. The van der Waals surface area contributed by atoms with Crippen molar-refractivity contribution in [2.45, 2.75) is 0 Å². The van der Waals surface area contributed by atoms with Crippen LogP contribution in [0.15, 0.2) is 42.5 Å². The van der Waals surface area contributed by atoms with Crippen LogP contribution in [0.4, 0.5) is 0 Å². The van der Waals surface area contributed by atoms with E-state index in [4.69, 9.17) is 14.7 Å². The van der Waals surface area contributed by atoms with E-state index in [0.717, 1.165) is 26.5 Å². The Morgan fingerprint density at radius 1 is 1.13 bits per heavy atom. The zero-order chi connectivity index (χ0) is 16.1. The van der Waals surface area contributed by atoms with E-state index in [9.17, 15) is 0 Å². The Balaban J connectivity index is 1.75. The highest BCUT2D eigenvalue weighted by Gasteiger charge is 2.02. The SMILES string of the molecule is COc1ccc2nc(/C=C/c3ccc(OCC#N)cc3)sc2c1. The van der Waals surface area contributed by atoms with Gasteiger partial charge in [-0.2, -0.15) is 5.26 Å². The number of rotatable bonds is 5. The van der Waals surface area contributed by atoms with Gasteiger partial charge in [0.25, 0.3) is 0 Å². The Labute approximate surface area is 138 Å². The molecule has 0 spiro atoms. The van der Waals surface area contributed by atoms with Crippen LogP contribution in [-0.4, -0.2) is 18.7 Å². The van der Waals surface area contributed by atoms with Gasteiger partial charge >= 0.3 is 0 Å². The number of benzene rings is 2. The van der Waals surface area contributed by atoms with Gasteiger partial charge in [0.2, 0.25) is 0 Å². The molecule has 4 nitrogen and oxygen atoms in total. The normalized spacial score (nSPS) is 10.8. The van der Waals surface area contributed by atoms with Crippen molar-refractivity contribution in [1.82, 2.24) is 4.98 Å². The van der Waals surface area contributed by atoms with Crippen LogP contribution in [-0.2, 0) is 0 Å². The van der Waals surface area contributed by atoms with Crippen molar-refractivity contribution in [2.24, 2.45) is 0 Å².